The fourth-order valence-electron chi connectivity index (χ4n) is 1.81. The van der Waals surface area contributed by atoms with Gasteiger partial charge < -0.3 is 5.11 Å². The van der Waals surface area contributed by atoms with Crippen molar-refractivity contribution in [3.8, 4) is 5.75 Å². The Balaban J connectivity index is 2.14. The number of ketones is 1. The van der Waals surface area contributed by atoms with Gasteiger partial charge in [-0.3, -0.25) is 4.79 Å². The van der Waals surface area contributed by atoms with E-state index in [0.717, 1.165) is 12.0 Å². The van der Waals surface area contributed by atoms with Gasteiger partial charge in [0, 0.05) is 0 Å². The van der Waals surface area contributed by atoms with Crippen LogP contribution < -0.4 is 0 Å². The van der Waals surface area contributed by atoms with Crippen molar-refractivity contribution in [2.24, 2.45) is 0 Å². The first-order valence-corrected chi connectivity index (χ1v) is 6.30. The van der Waals surface area contributed by atoms with Gasteiger partial charge in [-0.05, 0) is 35.8 Å². The Bertz CT molecular complexity index is 595. The van der Waals surface area contributed by atoms with Crippen LogP contribution in [-0.2, 0) is 6.42 Å². The molecule has 2 aromatic rings. The minimum absolute atomic E-state index is 0.0125. The lowest BCUT2D eigenvalue weighted by Crippen LogP contribution is -1.94. The van der Waals surface area contributed by atoms with Gasteiger partial charge in [0.25, 0.3) is 0 Å². The minimum Gasteiger partial charge on any atom is -0.507 e. The number of aryl methyl sites for hydroxylation is 1. The Labute approximate surface area is 113 Å². The summed E-state index contributed by atoms with van der Waals surface area (Å²) in [5.41, 5.74) is 2.56. The van der Waals surface area contributed by atoms with Crippen molar-refractivity contribution in [1.82, 2.24) is 0 Å². The molecule has 0 saturated carbocycles. The van der Waals surface area contributed by atoms with Crippen molar-refractivity contribution in [2.75, 3.05) is 0 Å². The number of phenolic OH excluding ortho intramolecular Hbond substituents is 1. The maximum absolute atomic E-state index is 11.9. The largest absolute Gasteiger partial charge is 0.507 e. The second-order valence-corrected chi connectivity index (χ2v) is 4.31. The number of rotatable bonds is 4. The molecule has 0 aromatic heterocycles. The molecule has 0 aliphatic carbocycles. The van der Waals surface area contributed by atoms with E-state index in [2.05, 4.69) is 6.92 Å². The number of hydrogen-bond donors (Lipinski definition) is 1. The molecule has 19 heavy (non-hydrogen) atoms. The van der Waals surface area contributed by atoms with Crippen LogP contribution in [0.15, 0.2) is 54.6 Å². The van der Waals surface area contributed by atoms with Crippen LogP contribution in [0.4, 0.5) is 0 Å². The lowest BCUT2D eigenvalue weighted by Gasteiger charge is -1.99. The van der Waals surface area contributed by atoms with Crippen molar-refractivity contribution >= 4 is 11.9 Å². The first-order valence-electron chi connectivity index (χ1n) is 6.30. The molecule has 1 N–H and O–H groups in total. The van der Waals surface area contributed by atoms with Gasteiger partial charge >= 0.3 is 0 Å². The molecule has 0 bridgehead atoms. The number of allylic oxidation sites excluding steroid dienone is 1. The quantitative estimate of drug-likeness (QED) is 0.663. The molecule has 0 amide bonds. The first-order chi connectivity index (χ1) is 9.20. The number of carbonyl (C=O) groups excluding carboxylic acids is 1. The van der Waals surface area contributed by atoms with Crippen LogP contribution in [0.25, 0.3) is 6.08 Å². The second-order valence-electron chi connectivity index (χ2n) is 4.31. The summed E-state index contributed by atoms with van der Waals surface area (Å²) in [4.78, 5) is 11.9. The van der Waals surface area contributed by atoms with Crippen LogP contribution in [0.5, 0.6) is 5.75 Å². The van der Waals surface area contributed by atoms with Crippen LogP contribution >= 0.6 is 0 Å². The zero-order valence-electron chi connectivity index (χ0n) is 10.8. The number of para-hydroxylation sites is 1. The van der Waals surface area contributed by atoms with Gasteiger partial charge in [-0.1, -0.05) is 49.4 Å². The smallest absolute Gasteiger partial charge is 0.189 e. The first kappa shape index (κ1) is 13.1. The highest BCUT2D eigenvalue weighted by Gasteiger charge is 2.06. The molecule has 0 atom stereocenters. The second kappa shape index (κ2) is 6.01. The summed E-state index contributed by atoms with van der Waals surface area (Å²) >= 11 is 0. The SMILES string of the molecule is CCc1ccc(/C=C/C(=O)c2ccccc2O)cc1. The van der Waals surface area contributed by atoms with Gasteiger partial charge in [0.1, 0.15) is 5.75 Å². The summed E-state index contributed by atoms with van der Waals surface area (Å²) in [6.45, 7) is 2.10. The summed E-state index contributed by atoms with van der Waals surface area (Å²) in [6.07, 6.45) is 4.24. The highest BCUT2D eigenvalue weighted by molar-refractivity contribution is 6.08. The van der Waals surface area contributed by atoms with Crippen molar-refractivity contribution in [1.29, 1.82) is 0 Å². The molecule has 0 fully saturated rings. The van der Waals surface area contributed by atoms with Gasteiger partial charge in [0.15, 0.2) is 5.78 Å². The van der Waals surface area contributed by atoms with Crippen LogP contribution in [0, 0.1) is 0 Å². The maximum Gasteiger partial charge on any atom is 0.189 e. The third-order valence-electron chi connectivity index (χ3n) is 2.98. The molecule has 0 radical (unpaired) electrons. The average Bonchev–Trinajstić information content (AvgIpc) is 2.46. The molecular formula is C17H16O2. The highest BCUT2D eigenvalue weighted by Crippen LogP contribution is 2.17. The Morgan fingerprint density at radius 3 is 2.42 bits per heavy atom. The molecule has 2 rings (SSSR count). The molecule has 0 spiro atoms. The van der Waals surface area contributed by atoms with Gasteiger partial charge in [0.05, 0.1) is 5.56 Å². The molecular weight excluding hydrogens is 236 g/mol. The fourth-order valence-corrected chi connectivity index (χ4v) is 1.81. The van der Waals surface area contributed by atoms with E-state index in [1.54, 1.807) is 24.3 Å². The molecule has 0 saturated heterocycles. The lowest BCUT2D eigenvalue weighted by molar-refractivity contribution is 0.104. The van der Waals surface area contributed by atoms with E-state index in [1.165, 1.54) is 17.7 Å². The van der Waals surface area contributed by atoms with Crippen LogP contribution in [0.1, 0.15) is 28.4 Å². The van der Waals surface area contributed by atoms with Crippen LogP contribution in [-0.4, -0.2) is 10.9 Å². The van der Waals surface area contributed by atoms with E-state index in [0.29, 0.717) is 5.56 Å². The molecule has 96 valence electrons. The van der Waals surface area contributed by atoms with Crippen molar-refractivity contribution in [3.05, 3.63) is 71.3 Å². The van der Waals surface area contributed by atoms with E-state index in [-0.39, 0.29) is 11.5 Å². The number of carbonyl (C=O) groups is 1. The van der Waals surface area contributed by atoms with Gasteiger partial charge in [-0.2, -0.15) is 0 Å². The van der Waals surface area contributed by atoms with E-state index >= 15 is 0 Å². The standard InChI is InChI=1S/C17H16O2/c1-2-13-7-9-14(10-8-13)11-12-17(19)15-5-3-4-6-16(15)18/h3-12,18H,2H2,1H3/b12-11+. The molecule has 0 aliphatic heterocycles. The summed E-state index contributed by atoms with van der Waals surface area (Å²) < 4.78 is 0. The van der Waals surface area contributed by atoms with Crippen LogP contribution in [0.2, 0.25) is 0 Å². The van der Waals surface area contributed by atoms with Crippen molar-refractivity contribution in [2.45, 2.75) is 13.3 Å². The summed E-state index contributed by atoms with van der Waals surface area (Å²) in [5.74, 6) is -0.184. The van der Waals surface area contributed by atoms with E-state index in [1.807, 2.05) is 24.3 Å². The average molecular weight is 252 g/mol. The zero-order valence-corrected chi connectivity index (χ0v) is 10.8. The molecule has 2 heteroatoms. The lowest BCUT2D eigenvalue weighted by atomic mass is 10.1. The zero-order chi connectivity index (χ0) is 13.7. The monoisotopic (exact) mass is 252 g/mol. The van der Waals surface area contributed by atoms with E-state index < -0.39 is 0 Å². The number of aromatic hydroxyl groups is 1. The fraction of sp³-hybridized carbons (Fsp3) is 0.118. The Hall–Kier alpha value is -2.35. The molecule has 2 nitrogen and oxygen atoms in total. The number of phenols is 1. The molecule has 0 aliphatic rings. The molecule has 0 unspecified atom stereocenters. The summed E-state index contributed by atoms with van der Waals surface area (Å²) in [6, 6.07) is 14.6. The van der Waals surface area contributed by atoms with Gasteiger partial charge in [-0.15, -0.1) is 0 Å². The Morgan fingerprint density at radius 2 is 1.79 bits per heavy atom. The van der Waals surface area contributed by atoms with Gasteiger partial charge in [0.2, 0.25) is 0 Å². The van der Waals surface area contributed by atoms with E-state index in [9.17, 15) is 9.90 Å². The topological polar surface area (TPSA) is 37.3 Å². The summed E-state index contributed by atoms with van der Waals surface area (Å²) in [5, 5.41) is 9.59. The minimum atomic E-state index is -0.197. The van der Waals surface area contributed by atoms with Crippen molar-refractivity contribution < 1.29 is 9.90 Å². The number of benzene rings is 2. The highest BCUT2D eigenvalue weighted by atomic mass is 16.3. The third-order valence-corrected chi connectivity index (χ3v) is 2.98. The van der Waals surface area contributed by atoms with Gasteiger partial charge in [-0.25, -0.2) is 0 Å². The van der Waals surface area contributed by atoms with Crippen molar-refractivity contribution in [3.63, 3.8) is 0 Å². The van der Waals surface area contributed by atoms with E-state index in [4.69, 9.17) is 0 Å². The van der Waals surface area contributed by atoms with Crippen LogP contribution in [0.3, 0.4) is 0 Å². The Morgan fingerprint density at radius 1 is 1.11 bits per heavy atom. The predicted octanol–water partition coefficient (Wildman–Crippen LogP) is 3.85. The Kier molecular flexibility index (Phi) is 4.14. The molecule has 2 aromatic carbocycles. The maximum atomic E-state index is 11.9. The third kappa shape index (κ3) is 3.32. The summed E-state index contributed by atoms with van der Waals surface area (Å²) in [7, 11) is 0. The number of hydrogen-bond acceptors (Lipinski definition) is 2. The molecule has 0 heterocycles. The predicted molar refractivity (Wildman–Crippen MR) is 77.3 cm³/mol. The normalized spacial score (nSPS) is 10.8.